The summed E-state index contributed by atoms with van der Waals surface area (Å²) in [4.78, 5) is 4.34. The lowest BCUT2D eigenvalue weighted by atomic mass is 10.1. The number of hydrogen-bond donors (Lipinski definition) is 2. The molecule has 4 rings (SSSR count). The molecule has 0 spiro atoms. The van der Waals surface area contributed by atoms with Crippen LogP contribution in [0.25, 0.3) is 16.8 Å². The van der Waals surface area contributed by atoms with Crippen molar-refractivity contribution in [3.63, 3.8) is 0 Å². The van der Waals surface area contributed by atoms with Crippen molar-refractivity contribution in [3.05, 3.63) is 70.5 Å². The molecule has 0 radical (unpaired) electrons. The van der Waals surface area contributed by atoms with Gasteiger partial charge in [-0.25, -0.2) is 13.4 Å². The van der Waals surface area contributed by atoms with Crippen LogP contribution in [-0.4, -0.2) is 23.0 Å². The highest BCUT2D eigenvalue weighted by Gasteiger charge is 2.19. The van der Waals surface area contributed by atoms with Crippen molar-refractivity contribution in [2.75, 3.05) is 10.5 Å². The molecule has 4 aromatic rings. The molecule has 0 aliphatic heterocycles. The molecule has 0 fully saturated rings. The molecule has 0 amide bonds. The predicted octanol–water partition coefficient (Wildman–Crippen LogP) is 4.82. The van der Waals surface area contributed by atoms with E-state index in [-0.39, 0.29) is 26.5 Å². The smallest absolute Gasteiger partial charge is 0.263 e. The maximum Gasteiger partial charge on any atom is 0.263 e. The van der Waals surface area contributed by atoms with Gasteiger partial charge in [0.25, 0.3) is 10.0 Å². The van der Waals surface area contributed by atoms with Crippen LogP contribution in [0.15, 0.2) is 59.8 Å². The summed E-state index contributed by atoms with van der Waals surface area (Å²) in [5, 5.41) is 4.62. The van der Waals surface area contributed by atoms with Gasteiger partial charge in [0.1, 0.15) is 10.7 Å². The molecule has 11 heteroatoms. The van der Waals surface area contributed by atoms with E-state index >= 15 is 0 Å². The number of aromatic nitrogens is 3. The first-order valence-electron chi connectivity index (χ1n) is 8.56. The van der Waals surface area contributed by atoms with E-state index in [9.17, 15) is 8.42 Å². The Bertz CT molecular complexity index is 1370. The van der Waals surface area contributed by atoms with E-state index in [1.807, 2.05) is 0 Å². The SMILES string of the molecule is Nc1c(-c2ccc(NS(=O)(=O)c3ccccc3Cl)cc2Cl)cnc2c(CCl)cnn12. The molecule has 2 aromatic carbocycles. The number of nitrogens with two attached hydrogens (primary N) is 1. The second-order valence-electron chi connectivity index (χ2n) is 6.33. The highest BCUT2D eigenvalue weighted by atomic mass is 35.5. The fourth-order valence-corrected chi connectivity index (χ4v) is 5.01. The zero-order valence-electron chi connectivity index (χ0n) is 15.2. The molecular weight excluding hydrogens is 469 g/mol. The maximum atomic E-state index is 12.6. The third-order valence-electron chi connectivity index (χ3n) is 4.42. The number of alkyl halides is 1. The van der Waals surface area contributed by atoms with Crippen molar-refractivity contribution in [2.24, 2.45) is 0 Å². The molecule has 7 nitrogen and oxygen atoms in total. The molecule has 0 bridgehead atoms. The number of rotatable bonds is 5. The second-order valence-corrected chi connectivity index (χ2v) is 9.06. The minimum atomic E-state index is -3.88. The number of hydrogen-bond acceptors (Lipinski definition) is 5. The normalized spacial score (nSPS) is 11.7. The number of nitrogens with zero attached hydrogens (tertiary/aromatic N) is 3. The fraction of sp³-hybridized carbons (Fsp3) is 0.0526. The third-order valence-corrected chi connectivity index (χ3v) is 6.90. The average molecular weight is 483 g/mol. The van der Waals surface area contributed by atoms with Crippen molar-refractivity contribution in [1.29, 1.82) is 0 Å². The van der Waals surface area contributed by atoms with E-state index in [1.165, 1.54) is 22.7 Å². The van der Waals surface area contributed by atoms with E-state index in [4.69, 9.17) is 40.5 Å². The monoisotopic (exact) mass is 481 g/mol. The standard InChI is InChI=1S/C19H14Cl3N5O2S/c20-8-11-9-25-27-18(23)14(10-24-19(11)27)13-6-5-12(7-16(13)22)26-30(28,29)17-4-2-1-3-15(17)21/h1-7,9-10,26H,8,23H2. The van der Waals surface area contributed by atoms with Crippen LogP contribution >= 0.6 is 34.8 Å². The molecule has 0 saturated carbocycles. The Morgan fingerprint density at radius 2 is 1.80 bits per heavy atom. The predicted molar refractivity (Wildman–Crippen MR) is 120 cm³/mol. The van der Waals surface area contributed by atoms with Crippen LogP contribution in [0.1, 0.15) is 5.56 Å². The summed E-state index contributed by atoms with van der Waals surface area (Å²) in [6, 6.07) is 10.9. The molecule has 2 heterocycles. The van der Waals surface area contributed by atoms with Crippen molar-refractivity contribution in [3.8, 4) is 11.1 Å². The molecule has 2 aromatic heterocycles. The molecule has 30 heavy (non-hydrogen) atoms. The van der Waals surface area contributed by atoms with Gasteiger partial charge in [-0.15, -0.1) is 11.6 Å². The summed E-state index contributed by atoms with van der Waals surface area (Å²) in [5.74, 6) is 0.596. The van der Waals surface area contributed by atoms with Crippen molar-refractivity contribution in [2.45, 2.75) is 10.8 Å². The number of halogens is 3. The molecule has 0 unspecified atom stereocenters. The Morgan fingerprint density at radius 1 is 1.03 bits per heavy atom. The van der Waals surface area contributed by atoms with Crippen LogP contribution in [0.4, 0.5) is 11.5 Å². The van der Waals surface area contributed by atoms with Gasteiger partial charge in [-0.2, -0.15) is 9.61 Å². The highest BCUT2D eigenvalue weighted by molar-refractivity contribution is 7.92. The molecule has 154 valence electrons. The van der Waals surface area contributed by atoms with E-state index < -0.39 is 10.0 Å². The number of fused-ring (bicyclic) bond motifs is 1. The zero-order valence-corrected chi connectivity index (χ0v) is 18.3. The number of nitrogen functional groups attached to an aromatic ring is 1. The van der Waals surface area contributed by atoms with Gasteiger partial charge in [0.15, 0.2) is 5.65 Å². The van der Waals surface area contributed by atoms with Gasteiger partial charge in [-0.3, -0.25) is 4.72 Å². The van der Waals surface area contributed by atoms with Gasteiger partial charge in [0.2, 0.25) is 0 Å². The Kier molecular flexibility index (Phi) is 5.50. The quantitative estimate of drug-likeness (QED) is 0.397. The van der Waals surface area contributed by atoms with E-state index in [0.717, 1.165) is 5.56 Å². The molecule has 0 aliphatic rings. The van der Waals surface area contributed by atoms with E-state index in [2.05, 4.69) is 14.8 Å². The Morgan fingerprint density at radius 3 is 2.50 bits per heavy atom. The van der Waals surface area contributed by atoms with Crippen LogP contribution in [0.5, 0.6) is 0 Å². The van der Waals surface area contributed by atoms with Gasteiger partial charge in [0.05, 0.1) is 27.8 Å². The average Bonchev–Trinajstić information content (AvgIpc) is 3.13. The van der Waals surface area contributed by atoms with Gasteiger partial charge in [-0.1, -0.05) is 41.4 Å². The fourth-order valence-electron chi connectivity index (χ4n) is 2.97. The molecule has 3 N–H and O–H groups in total. The highest BCUT2D eigenvalue weighted by Crippen LogP contribution is 2.34. The van der Waals surface area contributed by atoms with Gasteiger partial charge in [0, 0.05) is 22.9 Å². The summed E-state index contributed by atoms with van der Waals surface area (Å²) in [7, 11) is -3.88. The lowest BCUT2D eigenvalue weighted by molar-refractivity contribution is 0.601. The van der Waals surface area contributed by atoms with Crippen LogP contribution < -0.4 is 10.5 Å². The minimum Gasteiger partial charge on any atom is -0.383 e. The molecule has 0 aliphatic carbocycles. The summed E-state index contributed by atoms with van der Waals surface area (Å²) >= 11 is 18.3. The Balaban J connectivity index is 1.70. The first-order valence-corrected chi connectivity index (χ1v) is 11.3. The van der Waals surface area contributed by atoms with Crippen LogP contribution in [0.2, 0.25) is 10.0 Å². The topological polar surface area (TPSA) is 102 Å². The van der Waals surface area contributed by atoms with Crippen LogP contribution in [0, 0.1) is 0 Å². The third kappa shape index (κ3) is 3.67. The van der Waals surface area contributed by atoms with Crippen molar-refractivity contribution in [1.82, 2.24) is 14.6 Å². The first-order chi connectivity index (χ1) is 14.3. The van der Waals surface area contributed by atoms with Crippen LogP contribution in [0.3, 0.4) is 0 Å². The van der Waals surface area contributed by atoms with Gasteiger partial charge < -0.3 is 5.73 Å². The Hall–Kier alpha value is -2.52. The van der Waals surface area contributed by atoms with Crippen molar-refractivity contribution >= 4 is 62.0 Å². The summed E-state index contributed by atoms with van der Waals surface area (Å²) in [6.07, 6.45) is 3.18. The maximum absolute atomic E-state index is 12.6. The van der Waals surface area contributed by atoms with E-state index in [1.54, 1.807) is 36.7 Å². The largest absolute Gasteiger partial charge is 0.383 e. The number of anilines is 2. The first kappa shape index (κ1) is 20.7. The molecular formula is C19H14Cl3N5O2S. The molecule has 0 saturated heterocycles. The summed E-state index contributed by atoms with van der Waals surface area (Å²) < 4.78 is 29.2. The van der Waals surface area contributed by atoms with Crippen molar-refractivity contribution < 1.29 is 8.42 Å². The zero-order chi connectivity index (χ0) is 21.5. The van der Waals surface area contributed by atoms with Crippen LogP contribution in [-0.2, 0) is 15.9 Å². The van der Waals surface area contributed by atoms with Gasteiger partial charge in [-0.05, 0) is 24.3 Å². The van der Waals surface area contributed by atoms with Gasteiger partial charge >= 0.3 is 0 Å². The second kappa shape index (κ2) is 7.96. The summed E-state index contributed by atoms with van der Waals surface area (Å²) in [6.45, 7) is 0. The Labute approximate surface area is 187 Å². The minimum absolute atomic E-state index is 0.0282. The lowest BCUT2D eigenvalue weighted by Crippen LogP contribution is -2.13. The van der Waals surface area contributed by atoms with E-state index in [0.29, 0.717) is 22.6 Å². The number of benzene rings is 2. The lowest BCUT2D eigenvalue weighted by Gasteiger charge is -2.13. The summed E-state index contributed by atoms with van der Waals surface area (Å²) in [5.41, 5.74) is 8.98. The number of sulfonamides is 1. The molecule has 0 atom stereocenters. The number of nitrogens with one attached hydrogen (secondary N) is 1.